The summed E-state index contributed by atoms with van der Waals surface area (Å²) in [5.74, 6) is -0.0780. The standard InChI is InChI=1S/C17H25FN2O/c1-2-8-17(9-4-10-19-13-17)16(21)20-11-7-14-5-3-6-15(18)12-14/h3,5-6,12,19H,2,4,7-11,13H2,1H3,(H,20,21). The number of benzene rings is 1. The van der Waals surface area contributed by atoms with Gasteiger partial charge in [0, 0.05) is 13.1 Å². The Hall–Kier alpha value is -1.42. The highest BCUT2D eigenvalue weighted by Gasteiger charge is 2.38. The molecule has 1 aliphatic heterocycles. The molecule has 0 aliphatic carbocycles. The lowest BCUT2D eigenvalue weighted by atomic mass is 9.76. The monoisotopic (exact) mass is 292 g/mol. The number of amides is 1. The summed E-state index contributed by atoms with van der Waals surface area (Å²) in [5.41, 5.74) is 0.663. The van der Waals surface area contributed by atoms with Gasteiger partial charge in [0.15, 0.2) is 0 Å². The zero-order valence-electron chi connectivity index (χ0n) is 12.8. The van der Waals surface area contributed by atoms with Crippen LogP contribution < -0.4 is 10.6 Å². The highest BCUT2D eigenvalue weighted by atomic mass is 19.1. The minimum atomic E-state index is -0.255. The summed E-state index contributed by atoms with van der Waals surface area (Å²) in [6.07, 6.45) is 4.61. The van der Waals surface area contributed by atoms with Crippen LogP contribution in [-0.2, 0) is 11.2 Å². The molecule has 21 heavy (non-hydrogen) atoms. The van der Waals surface area contributed by atoms with Crippen LogP contribution in [0.2, 0.25) is 0 Å². The van der Waals surface area contributed by atoms with Crippen LogP contribution in [-0.4, -0.2) is 25.5 Å². The van der Waals surface area contributed by atoms with Crippen molar-refractivity contribution in [2.75, 3.05) is 19.6 Å². The highest BCUT2D eigenvalue weighted by molar-refractivity contribution is 5.83. The van der Waals surface area contributed by atoms with Crippen molar-refractivity contribution in [2.24, 2.45) is 5.41 Å². The van der Waals surface area contributed by atoms with Crippen LogP contribution in [0.3, 0.4) is 0 Å². The molecule has 1 unspecified atom stereocenters. The summed E-state index contributed by atoms with van der Waals surface area (Å²) < 4.78 is 13.1. The lowest BCUT2D eigenvalue weighted by Gasteiger charge is -2.36. The molecule has 1 atom stereocenters. The van der Waals surface area contributed by atoms with Gasteiger partial charge in [-0.2, -0.15) is 0 Å². The normalized spacial score (nSPS) is 22.0. The van der Waals surface area contributed by atoms with Crippen LogP contribution >= 0.6 is 0 Å². The number of halogens is 1. The minimum absolute atomic E-state index is 0.146. The molecule has 3 nitrogen and oxygen atoms in total. The molecule has 2 rings (SSSR count). The Labute approximate surface area is 126 Å². The molecule has 4 heteroatoms. The third kappa shape index (κ3) is 4.27. The smallest absolute Gasteiger partial charge is 0.227 e. The van der Waals surface area contributed by atoms with Crippen molar-refractivity contribution in [1.29, 1.82) is 0 Å². The van der Waals surface area contributed by atoms with Gasteiger partial charge in [-0.1, -0.05) is 25.5 Å². The molecule has 116 valence electrons. The first-order valence-electron chi connectivity index (χ1n) is 7.90. The van der Waals surface area contributed by atoms with Crippen molar-refractivity contribution in [2.45, 2.75) is 39.0 Å². The molecule has 1 aromatic rings. The number of piperidine rings is 1. The van der Waals surface area contributed by atoms with Gasteiger partial charge in [-0.3, -0.25) is 4.79 Å². The van der Waals surface area contributed by atoms with E-state index in [1.807, 2.05) is 6.07 Å². The number of hydrogen-bond donors (Lipinski definition) is 2. The van der Waals surface area contributed by atoms with Crippen LogP contribution in [0.15, 0.2) is 24.3 Å². The Bertz CT molecular complexity index is 464. The summed E-state index contributed by atoms with van der Waals surface area (Å²) in [6, 6.07) is 6.55. The van der Waals surface area contributed by atoms with Crippen molar-refractivity contribution in [3.63, 3.8) is 0 Å². The highest BCUT2D eigenvalue weighted by Crippen LogP contribution is 2.31. The van der Waals surface area contributed by atoms with E-state index in [4.69, 9.17) is 0 Å². The lowest BCUT2D eigenvalue weighted by molar-refractivity contribution is -0.132. The zero-order chi connectivity index (χ0) is 15.1. The van der Waals surface area contributed by atoms with Gasteiger partial charge in [0.05, 0.1) is 5.41 Å². The molecular formula is C17H25FN2O. The van der Waals surface area contributed by atoms with Crippen molar-refractivity contribution >= 4 is 5.91 Å². The fourth-order valence-electron chi connectivity index (χ4n) is 3.17. The van der Waals surface area contributed by atoms with Crippen molar-refractivity contribution in [1.82, 2.24) is 10.6 Å². The first-order chi connectivity index (χ1) is 10.2. The molecule has 2 N–H and O–H groups in total. The third-order valence-electron chi connectivity index (χ3n) is 4.27. The van der Waals surface area contributed by atoms with Crippen molar-refractivity contribution in [3.8, 4) is 0 Å². The van der Waals surface area contributed by atoms with E-state index in [1.165, 1.54) is 12.1 Å². The number of carbonyl (C=O) groups excluding carboxylic acids is 1. The quantitative estimate of drug-likeness (QED) is 0.846. The summed E-state index contributed by atoms with van der Waals surface area (Å²) in [4.78, 5) is 12.5. The molecule has 0 radical (unpaired) electrons. The van der Waals surface area contributed by atoms with Gasteiger partial charge in [-0.25, -0.2) is 4.39 Å². The molecule has 0 bridgehead atoms. The first-order valence-corrected chi connectivity index (χ1v) is 7.90. The SMILES string of the molecule is CCCC1(C(=O)NCCc2cccc(F)c2)CCCNC1. The molecule has 0 aromatic heterocycles. The third-order valence-corrected chi connectivity index (χ3v) is 4.27. The van der Waals surface area contributed by atoms with Crippen LogP contribution in [0.25, 0.3) is 0 Å². The van der Waals surface area contributed by atoms with E-state index in [0.717, 1.165) is 44.3 Å². The topological polar surface area (TPSA) is 41.1 Å². The summed E-state index contributed by atoms with van der Waals surface area (Å²) in [7, 11) is 0. The Balaban J connectivity index is 1.87. The predicted molar refractivity (Wildman–Crippen MR) is 82.6 cm³/mol. The molecule has 1 saturated heterocycles. The minimum Gasteiger partial charge on any atom is -0.355 e. The van der Waals surface area contributed by atoms with Crippen LogP contribution in [0, 0.1) is 11.2 Å². The van der Waals surface area contributed by atoms with Gasteiger partial charge < -0.3 is 10.6 Å². The molecular weight excluding hydrogens is 267 g/mol. The largest absolute Gasteiger partial charge is 0.355 e. The maximum absolute atomic E-state index is 13.1. The lowest BCUT2D eigenvalue weighted by Crippen LogP contribution is -2.50. The molecule has 1 aromatic carbocycles. The Morgan fingerprint density at radius 2 is 2.33 bits per heavy atom. The molecule has 0 saturated carbocycles. The second-order valence-corrected chi connectivity index (χ2v) is 5.95. The molecule has 1 aliphatic rings. The number of carbonyl (C=O) groups is 1. The number of rotatable bonds is 6. The molecule has 1 amide bonds. The summed E-state index contributed by atoms with van der Waals surface area (Å²) in [5, 5.41) is 6.39. The Kier molecular flexibility index (Phi) is 5.74. The average Bonchev–Trinajstić information content (AvgIpc) is 2.48. The maximum atomic E-state index is 13.1. The number of hydrogen-bond acceptors (Lipinski definition) is 2. The van der Waals surface area contributed by atoms with Crippen LogP contribution in [0.5, 0.6) is 0 Å². The fraction of sp³-hybridized carbons (Fsp3) is 0.588. The average molecular weight is 292 g/mol. The predicted octanol–water partition coefficient (Wildman–Crippen LogP) is 2.65. The van der Waals surface area contributed by atoms with Gasteiger partial charge in [0.1, 0.15) is 5.82 Å². The van der Waals surface area contributed by atoms with Gasteiger partial charge >= 0.3 is 0 Å². The van der Waals surface area contributed by atoms with Gasteiger partial charge in [0.2, 0.25) is 5.91 Å². The molecule has 1 heterocycles. The molecule has 1 fully saturated rings. The maximum Gasteiger partial charge on any atom is 0.227 e. The van der Waals surface area contributed by atoms with Crippen molar-refractivity contribution in [3.05, 3.63) is 35.6 Å². The van der Waals surface area contributed by atoms with Crippen LogP contribution in [0.4, 0.5) is 4.39 Å². The van der Waals surface area contributed by atoms with E-state index in [-0.39, 0.29) is 17.1 Å². The van der Waals surface area contributed by atoms with E-state index in [0.29, 0.717) is 13.0 Å². The second kappa shape index (κ2) is 7.55. The second-order valence-electron chi connectivity index (χ2n) is 5.95. The van der Waals surface area contributed by atoms with E-state index < -0.39 is 0 Å². The van der Waals surface area contributed by atoms with Gasteiger partial charge in [-0.15, -0.1) is 0 Å². The Morgan fingerprint density at radius 3 is 3.00 bits per heavy atom. The first kappa shape index (κ1) is 16.0. The fourth-order valence-corrected chi connectivity index (χ4v) is 3.17. The Morgan fingerprint density at radius 1 is 1.48 bits per heavy atom. The van der Waals surface area contributed by atoms with Crippen molar-refractivity contribution < 1.29 is 9.18 Å². The van der Waals surface area contributed by atoms with E-state index >= 15 is 0 Å². The van der Waals surface area contributed by atoms with E-state index in [9.17, 15) is 9.18 Å². The van der Waals surface area contributed by atoms with Gasteiger partial charge in [-0.05, 0) is 49.9 Å². The van der Waals surface area contributed by atoms with Crippen LogP contribution in [0.1, 0.15) is 38.2 Å². The molecule has 0 spiro atoms. The summed E-state index contributed by atoms with van der Waals surface area (Å²) in [6.45, 7) is 4.46. The zero-order valence-corrected chi connectivity index (χ0v) is 12.8. The van der Waals surface area contributed by atoms with E-state index in [2.05, 4.69) is 17.6 Å². The summed E-state index contributed by atoms with van der Waals surface area (Å²) >= 11 is 0. The number of nitrogens with one attached hydrogen (secondary N) is 2. The van der Waals surface area contributed by atoms with E-state index in [1.54, 1.807) is 6.07 Å². The van der Waals surface area contributed by atoms with Gasteiger partial charge in [0.25, 0.3) is 0 Å².